The minimum absolute atomic E-state index is 0.520. The Bertz CT molecular complexity index is 777. The molecule has 3 rings (SSSR count). The van der Waals surface area contributed by atoms with Gasteiger partial charge >= 0.3 is 0 Å². The number of imidazole rings is 1. The molecular formula is C15H11ClN2O. The van der Waals surface area contributed by atoms with Gasteiger partial charge in [-0.25, -0.2) is 4.98 Å². The Labute approximate surface area is 115 Å². The lowest BCUT2D eigenvalue weighted by molar-refractivity contribution is 0.111. The van der Waals surface area contributed by atoms with Gasteiger partial charge in [0.05, 0.1) is 5.02 Å². The maximum absolute atomic E-state index is 11.4. The van der Waals surface area contributed by atoms with Gasteiger partial charge in [-0.1, -0.05) is 35.9 Å². The molecule has 3 nitrogen and oxygen atoms in total. The number of benzene rings is 1. The molecule has 0 aliphatic rings. The molecule has 1 aromatic carbocycles. The van der Waals surface area contributed by atoms with Crippen molar-refractivity contribution in [2.24, 2.45) is 0 Å². The maximum atomic E-state index is 11.4. The third kappa shape index (κ3) is 1.92. The Morgan fingerprint density at radius 1 is 1.21 bits per heavy atom. The molecule has 2 heterocycles. The summed E-state index contributed by atoms with van der Waals surface area (Å²) in [7, 11) is 0. The fraction of sp³-hybridized carbons (Fsp3) is 0.0667. The van der Waals surface area contributed by atoms with Crippen LogP contribution in [0.3, 0.4) is 0 Å². The number of aldehydes is 1. The summed E-state index contributed by atoms with van der Waals surface area (Å²) in [4.78, 5) is 15.9. The summed E-state index contributed by atoms with van der Waals surface area (Å²) in [6.07, 6.45) is 2.71. The Hall–Kier alpha value is -2.13. The highest BCUT2D eigenvalue weighted by molar-refractivity contribution is 6.33. The van der Waals surface area contributed by atoms with Crippen molar-refractivity contribution in [2.45, 2.75) is 6.92 Å². The van der Waals surface area contributed by atoms with Crippen LogP contribution in [-0.2, 0) is 0 Å². The lowest BCUT2D eigenvalue weighted by Gasteiger charge is -2.01. The molecule has 0 aliphatic heterocycles. The van der Waals surface area contributed by atoms with Crippen molar-refractivity contribution >= 4 is 23.5 Å². The minimum Gasteiger partial charge on any atom is -0.296 e. The van der Waals surface area contributed by atoms with Crippen LogP contribution < -0.4 is 0 Å². The summed E-state index contributed by atoms with van der Waals surface area (Å²) in [5.74, 6) is 0. The molecule has 19 heavy (non-hydrogen) atoms. The van der Waals surface area contributed by atoms with E-state index in [1.54, 1.807) is 10.5 Å². The number of carbonyl (C=O) groups is 1. The molecule has 2 aromatic heterocycles. The first-order chi connectivity index (χ1) is 9.20. The van der Waals surface area contributed by atoms with Gasteiger partial charge in [-0.05, 0) is 24.6 Å². The predicted molar refractivity (Wildman–Crippen MR) is 75.8 cm³/mol. The van der Waals surface area contributed by atoms with Crippen molar-refractivity contribution < 1.29 is 4.79 Å². The van der Waals surface area contributed by atoms with Crippen LogP contribution in [0.15, 0.2) is 42.6 Å². The van der Waals surface area contributed by atoms with E-state index in [9.17, 15) is 4.79 Å². The number of hydrogen-bond donors (Lipinski definition) is 0. The van der Waals surface area contributed by atoms with Gasteiger partial charge in [0.25, 0.3) is 0 Å². The number of carbonyl (C=O) groups excluding carboxylic acids is 1. The van der Waals surface area contributed by atoms with Crippen molar-refractivity contribution in [2.75, 3.05) is 0 Å². The van der Waals surface area contributed by atoms with Gasteiger partial charge in [-0.2, -0.15) is 0 Å². The first-order valence-electron chi connectivity index (χ1n) is 5.89. The molecule has 0 bridgehead atoms. The zero-order chi connectivity index (χ0) is 13.4. The van der Waals surface area contributed by atoms with Crippen LogP contribution >= 0.6 is 11.6 Å². The van der Waals surface area contributed by atoms with Crippen molar-refractivity contribution in [3.8, 4) is 11.3 Å². The summed E-state index contributed by atoms with van der Waals surface area (Å²) in [5, 5.41) is 0.589. The van der Waals surface area contributed by atoms with E-state index in [2.05, 4.69) is 4.98 Å². The van der Waals surface area contributed by atoms with Gasteiger partial charge < -0.3 is 0 Å². The number of aryl methyl sites for hydroxylation is 1. The zero-order valence-electron chi connectivity index (χ0n) is 10.3. The highest BCUT2D eigenvalue weighted by atomic mass is 35.5. The van der Waals surface area contributed by atoms with Crippen molar-refractivity contribution in [3.63, 3.8) is 0 Å². The van der Waals surface area contributed by atoms with Crippen molar-refractivity contribution in [1.29, 1.82) is 0 Å². The largest absolute Gasteiger partial charge is 0.296 e. The first kappa shape index (κ1) is 11.9. The fourth-order valence-electron chi connectivity index (χ4n) is 2.13. The van der Waals surface area contributed by atoms with Crippen LogP contribution in [0.25, 0.3) is 16.9 Å². The lowest BCUT2D eigenvalue weighted by atomic mass is 10.1. The third-order valence-electron chi connectivity index (χ3n) is 3.04. The lowest BCUT2D eigenvalue weighted by Crippen LogP contribution is -1.93. The Balaban J connectivity index is 2.36. The van der Waals surface area contributed by atoms with E-state index in [0.29, 0.717) is 16.4 Å². The van der Waals surface area contributed by atoms with Crippen LogP contribution in [0, 0.1) is 6.92 Å². The van der Waals surface area contributed by atoms with Gasteiger partial charge in [-0.15, -0.1) is 0 Å². The molecule has 0 atom stereocenters. The second kappa shape index (κ2) is 4.52. The highest BCUT2D eigenvalue weighted by Gasteiger charge is 2.15. The smallest absolute Gasteiger partial charge is 0.169 e. The average molecular weight is 271 g/mol. The van der Waals surface area contributed by atoms with E-state index in [4.69, 9.17) is 11.6 Å². The van der Waals surface area contributed by atoms with Crippen molar-refractivity contribution in [3.05, 3.63) is 58.9 Å². The standard InChI is InChI=1S/C15H11ClN2O/c1-10-6-7-14-17-15(13(9-19)18(14)8-10)11-4-2-3-5-12(11)16/h2-9H,1H3. The molecule has 0 amide bonds. The molecule has 0 aliphatic carbocycles. The van der Waals surface area contributed by atoms with E-state index in [0.717, 1.165) is 23.1 Å². The Morgan fingerprint density at radius 2 is 2.00 bits per heavy atom. The van der Waals surface area contributed by atoms with Gasteiger partial charge in [0.15, 0.2) is 6.29 Å². The van der Waals surface area contributed by atoms with Crippen LogP contribution in [0.1, 0.15) is 16.1 Å². The molecule has 3 aromatic rings. The molecular weight excluding hydrogens is 260 g/mol. The minimum atomic E-state index is 0.520. The summed E-state index contributed by atoms with van der Waals surface area (Å²) < 4.78 is 1.79. The van der Waals surface area contributed by atoms with Crippen LogP contribution in [0.2, 0.25) is 5.02 Å². The van der Waals surface area contributed by atoms with Gasteiger partial charge in [0, 0.05) is 11.8 Å². The molecule has 0 radical (unpaired) electrons. The number of nitrogens with zero attached hydrogens (tertiary/aromatic N) is 2. The number of fused-ring (bicyclic) bond motifs is 1. The molecule has 94 valence electrons. The fourth-order valence-corrected chi connectivity index (χ4v) is 2.36. The zero-order valence-corrected chi connectivity index (χ0v) is 11.1. The summed E-state index contributed by atoms with van der Waals surface area (Å²) in [6, 6.07) is 11.2. The monoisotopic (exact) mass is 270 g/mol. The van der Waals surface area contributed by atoms with Gasteiger partial charge in [0.1, 0.15) is 17.0 Å². The van der Waals surface area contributed by atoms with E-state index in [1.165, 1.54) is 0 Å². The van der Waals surface area contributed by atoms with Gasteiger partial charge in [0.2, 0.25) is 0 Å². The summed E-state index contributed by atoms with van der Waals surface area (Å²) in [5.41, 5.74) is 3.71. The molecule has 0 unspecified atom stereocenters. The number of rotatable bonds is 2. The first-order valence-corrected chi connectivity index (χ1v) is 6.27. The average Bonchev–Trinajstić information content (AvgIpc) is 2.76. The van der Waals surface area contributed by atoms with Crippen molar-refractivity contribution in [1.82, 2.24) is 9.38 Å². The molecule has 4 heteroatoms. The summed E-state index contributed by atoms with van der Waals surface area (Å²) in [6.45, 7) is 1.98. The summed E-state index contributed by atoms with van der Waals surface area (Å²) >= 11 is 6.18. The number of hydrogen-bond acceptors (Lipinski definition) is 2. The molecule has 0 N–H and O–H groups in total. The second-order valence-electron chi connectivity index (χ2n) is 4.38. The SMILES string of the molecule is Cc1ccc2nc(-c3ccccc3Cl)c(C=O)n2c1. The second-order valence-corrected chi connectivity index (χ2v) is 4.79. The molecule has 0 saturated carbocycles. The van der Waals surface area contributed by atoms with Crippen LogP contribution in [0.5, 0.6) is 0 Å². The quantitative estimate of drug-likeness (QED) is 0.664. The Kier molecular flexibility index (Phi) is 2.84. The van der Waals surface area contributed by atoms with Crippen LogP contribution in [-0.4, -0.2) is 15.7 Å². The predicted octanol–water partition coefficient (Wildman–Crippen LogP) is 3.78. The molecule has 0 fully saturated rings. The van der Waals surface area contributed by atoms with E-state index in [-0.39, 0.29) is 0 Å². The Morgan fingerprint density at radius 3 is 2.74 bits per heavy atom. The van der Waals surface area contributed by atoms with Gasteiger partial charge in [-0.3, -0.25) is 9.20 Å². The van der Waals surface area contributed by atoms with E-state index >= 15 is 0 Å². The molecule has 0 saturated heterocycles. The highest BCUT2D eigenvalue weighted by Crippen LogP contribution is 2.29. The maximum Gasteiger partial charge on any atom is 0.169 e. The topological polar surface area (TPSA) is 34.4 Å². The third-order valence-corrected chi connectivity index (χ3v) is 3.37. The number of halogens is 1. The van der Waals surface area contributed by atoms with E-state index in [1.807, 2.05) is 43.5 Å². The normalized spacial score (nSPS) is 10.8. The van der Waals surface area contributed by atoms with E-state index < -0.39 is 0 Å². The number of aromatic nitrogens is 2. The molecule has 0 spiro atoms. The van der Waals surface area contributed by atoms with Crippen LogP contribution in [0.4, 0.5) is 0 Å². The number of pyridine rings is 1.